The van der Waals surface area contributed by atoms with E-state index in [2.05, 4.69) is 32.7 Å². The van der Waals surface area contributed by atoms with E-state index >= 15 is 0 Å². The summed E-state index contributed by atoms with van der Waals surface area (Å²) in [6.45, 7) is 1.49. The van der Waals surface area contributed by atoms with Gasteiger partial charge in [0.2, 0.25) is 5.95 Å². The van der Waals surface area contributed by atoms with Crippen molar-refractivity contribution < 1.29 is 0 Å². The van der Waals surface area contributed by atoms with Gasteiger partial charge in [-0.15, -0.1) is 0 Å². The summed E-state index contributed by atoms with van der Waals surface area (Å²) >= 11 is 0. The SMILES string of the molecule is NCCCNc1nc(Nc2cccc(-c3ccncc3)c2)ncc1C1CC1. The predicted octanol–water partition coefficient (Wildman–Crippen LogP) is 3.92. The summed E-state index contributed by atoms with van der Waals surface area (Å²) in [5, 5.41) is 6.75. The van der Waals surface area contributed by atoms with E-state index in [0.29, 0.717) is 18.4 Å². The molecule has 0 spiro atoms. The number of hydrogen-bond acceptors (Lipinski definition) is 6. The van der Waals surface area contributed by atoms with Crippen molar-refractivity contribution >= 4 is 17.5 Å². The van der Waals surface area contributed by atoms with Crippen molar-refractivity contribution in [3.63, 3.8) is 0 Å². The van der Waals surface area contributed by atoms with Gasteiger partial charge in [0.25, 0.3) is 0 Å². The maximum atomic E-state index is 5.61. The minimum absolute atomic E-state index is 0.592. The molecule has 1 aromatic carbocycles. The van der Waals surface area contributed by atoms with Crippen LogP contribution in [-0.4, -0.2) is 28.0 Å². The number of hydrogen-bond donors (Lipinski definition) is 3. The number of anilines is 3. The van der Waals surface area contributed by atoms with Crippen molar-refractivity contribution in [2.24, 2.45) is 5.73 Å². The van der Waals surface area contributed by atoms with Gasteiger partial charge in [0.15, 0.2) is 0 Å². The van der Waals surface area contributed by atoms with Crippen LogP contribution in [0, 0.1) is 0 Å². The summed E-state index contributed by atoms with van der Waals surface area (Å²) < 4.78 is 0. The Bertz CT molecular complexity index is 892. The molecule has 1 fully saturated rings. The highest BCUT2D eigenvalue weighted by Crippen LogP contribution is 2.42. The monoisotopic (exact) mass is 360 g/mol. The summed E-state index contributed by atoms with van der Waals surface area (Å²) in [6, 6.07) is 12.2. The molecule has 6 nitrogen and oxygen atoms in total. The lowest BCUT2D eigenvalue weighted by Crippen LogP contribution is -2.12. The third-order valence-electron chi connectivity index (χ3n) is 4.64. The molecule has 2 aromatic heterocycles. The van der Waals surface area contributed by atoms with Gasteiger partial charge in [0.05, 0.1) is 0 Å². The first-order valence-corrected chi connectivity index (χ1v) is 9.42. The lowest BCUT2D eigenvalue weighted by atomic mass is 10.1. The van der Waals surface area contributed by atoms with Gasteiger partial charge in [-0.2, -0.15) is 4.98 Å². The molecule has 2 heterocycles. The Balaban J connectivity index is 1.54. The topological polar surface area (TPSA) is 88.8 Å². The van der Waals surface area contributed by atoms with Gasteiger partial charge in [-0.1, -0.05) is 12.1 Å². The fourth-order valence-corrected chi connectivity index (χ4v) is 3.04. The summed E-state index contributed by atoms with van der Waals surface area (Å²) in [6.07, 6.45) is 8.91. The van der Waals surface area contributed by atoms with Crippen molar-refractivity contribution in [2.75, 3.05) is 23.7 Å². The molecule has 4 N–H and O–H groups in total. The Morgan fingerprint density at radius 1 is 1.07 bits per heavy atom. The molecule has 1 aliphatic carbocycles. The second-order valence-electron chi connectivity index (χ2n) is 6.78. The highest BCUT2D eigenvalue weighted by molar-refractivity contribution is 5.69. The first-order valence-electron chi connectivity index (χ1n) is 9.42. The molecule has 1 saturated carbocycles. The molecule has 4 rings (SSSR count). The Morgan fingerprint density at radius 3 is 2.70 bits per heavy atom. The molecule has 0 aliphatic heterocycles. The first-order chi connectivity index (χ1) is 13.3. The van der Waals surface area contributed by atoms with Crippen LogP contribution in [0.25, 0.3) is 11.1 Å². The zero-order valence-corrected chi connectivity index (χ0v) is 15.2. The Labute approximate surface area is 159 Å². The highest BCUT2D eigenvalue weighted by Gasteiger charge is 2.27. The van der Waals surface area contributed by atoms with Crippen LogP contribution < -0.4 is 16.4 Å². The molecule has 0 atom stereocenters. The molecule has 1 aliphatic rings. The molecule has 6 heteroatoms. The van der Waals surface area contributed by atoms with Crippen LogP contribution in [0.5, 0.6) is 0 Å². The normalized spacial score (nSPS) is 13.4. The molecule has 0 radical (unpaired) electrons. The van der Waals surface area contributed by atoms with E-state index in [4.69, 9.17) is 10.7 Å². The average Bonchev–Trinajstić information content (AvgIpc) is 3.55. The Kier molecular flexibility index (Phi) is 5.25. The second kappa shape index (κ2) is 8.14. The van der Waals surface area contributed by atoms with E-state index in [0.717, 1.165) is 35.6 Å². The van der Waals surface area contributed by atoms with Crippen molar-refractivity contribution in [3.05, 3.63) is 60.6 Å². The van der Waals surface area contributed by atoms with E-state index in [-0.39, 0.29) is 0 Å². The van der Waals surface area contributed by atoms with Gasteiger partial charge < -0.3 is 16.4 Å². The van der Waals surface area contributed by atoms with E-state index < -0.39 is 0 Å². The minimum atomic E-state index is 0.592. The van der Waals surface area contributed by atoms with Crippen LogP contribution in [-0.2, 0) is 0 Å². The lowest BCUT2D eigenvalue weighted by molar-refractivity contribution is 0.865. The van der Waals surface area contributed by atoms with Gasteiger partial charge in [0.1, 0.15) is 5.82 Å². The second-order valence-corrected chi connectivity index (χ2v) is 6.78. The van der Waals surface area contributed by atoms with Crippen LogP contribution in [0.1, 0.15) is 30.7 Å². The first kappa shape index (κ1) is 17.4. The molecule has 3 aromatic rings. The Hall–Kier alpha value is -2.99. The van der Waals surface area contributed by atoms with Crippen molar-refractivity contribution in [2.45, 2.75) is 25.2 Å². The van der Waals surface area contributed by atoms with E-state index in [1.807, 2.05) is 30.5 Å². The minimum Gasteiger partial charge on any atom is -0.370 e. The molecule has 138 valence electrons. The number of benzene rings is 1. The molecule has 0 unspecified atom stereocenters. The van der Waals surface area contributed by atoms with Gasteiger partial charge in [0, 0.05) is 36.4 Å². The molecular weight excluding hydrogens is 336 g/mol. The molecular formula is C21H24N6. The molecule has 27 heavy (non-hydrogen) atoms. The van der Waals surface area contributed by atoms with Crippen molar-refractivity contribution in [3.8, 4) is 11.1 Å². The average molecular weight is 360 g/mol. The largest absolute Gasteiger partial charge is 0.370 e. The fraction of sp³-hybridized carbons (Fsp3) is 0.286. The van der Waals surface area contributed by atoms with Crippen LogP contribution in [0.3, 0.4) is 0 Å². The van der Waals surface area contributed by atoms with E-state index in [1.165, 1.54) is 18.4 Å². The molecule has 0 saturated heterocycles. The fourth-order valence-electron chi connectivity index (χ4n) is 3.04. The molecule has 0 bridgehead atoms. The number of aromatic nitrogens is 3. The van der Waals surface area contributed by atoms with Gasteiger partial charge >= 0.3 is 0 Å². The van der Waals surface area contributed by atoms with E-state index in [1.54, 1.807) is 12.4 Å². The third kappa shape index (κ3) is 4.41. The van der Waals surface area contributed by atoms with Crippen molar-refractivity contribution in [1.82, 2.24) is 15.0 Å². The zero-order valence-electron chi connectivity index (χ0n) is 15.2. The van der Waals surface area contributed by atoms with Gasteiger partial charge in [-0.05, 0) is 67.1 Å². The maximum Gasteiger partial charge on any atom is 0.229 e. The Morgan fingerprint density at radius 2 is 1.93 bits per heavy atom. The number of nitrogens with two attached hydrogens (primary N) is 1. The number of rotatable bonds is 8. The van der Waals surface area contributed by atoms with Crippen LogP contribution in [0.4, 0.5) is 17.5 Å². The maximum absolute atomic E-state index is 5.61. The highest BCUT2D eigenvalue weighted by atomic mass is 15.1. The molecule has 0 amide bonds. The van der Waals surface area contributed by atoms with Crippen LogP contribution in [0.15, 0.2) is 55.0 Å². The summed E-state index contributed by atoms with van der Waals surface area (Å²) in [5.41, 5.74) is 10.0. The van der Waals surface area contributed by atoms with Gasteiger partial charge in [-0.25, -0.2) is 4.98 Å². The quantitative estimate of drug-likeness (QED) is 0.528. The van der Waals surface area contributed by atoms with E-state index in [9.17, 15) is 0 Å². The number of nitrogens with zero attached hydrogens (tertiary/aromatic N) is 3. The summed E-state index contributed by atoms with van der Waals surface area (Å²) in [4.78, 5) is 13.3. The van der Waals surface area contributed by atoms with Crippen LogP contribution >= 0.6 is 0 Å². The smallest absolute Gasteiger partial charge is 0.229 e. The third-order valence-corrected chi connectivity index (χ3v) is 4.64. The number of pyridine rings is 1. The predicted molar refractivity (Wildman–Crippen MR) is 109 cm³/mol. The summed E-state index contributed by atoms with van der Waals surface area (Å²) in [7, 11) is 0. The van der Waals surface area contributed by atoms with Gasteiger partial charge in [-0.3, -0.25) is 4.98 Å². The van der Waals surface area contributed by atoms with Crippen LogP contribution in [0.2, 0.25) is 0 Å². The lowest BCUT2D eigenvalue weighted by Gasteiger charge is -2.13. The standard InChI is InChI=1S/C21H24N6/c22-9-2-10-24-20-19(16-5-6-16)14-25-21(27-20)26-18-4-1-3-17(13-18)15-7-11-23-12-8-15/h1,3-4,7-8,11-14,16H,2,5-6,9-10,22H2,(H2,24,25,26,27). The number of nitrogens with one attached hydrogen (secondary N) is 2. The summed E-state index contributed by atoms with van der Waals surface area (Å²) in [5.74, 6) is 2.12. The zero-order chi connectivity index (χ0) is 18.5. The van der Waals surface area contributed by atoms with Crippen molar-refractivity contribution in [1.29, 1.82) is 0 Å².